The summed E-state index contributed by atoms with van der Waals surface area (Å²) in [5, 5.41) is 3.38. The number of nitrogens with one attached hydrogen (secondary N) is 1. The summed E-state index contributed by atoms with van der Waals surface area (Å²) in [4.78, 5) is 50.9. The second-order valence-corrected chi connectivity index (χ2v) is 18.0. The largest absolute Gasteiger partial charge is 0.465 e. The first-order chi connectivity index (χ1) is 24.0. The van der Waals surface area contributed by atoms with E-state index in [1.807, 2.05) is 18.2 Å². The lowest BCUT2D eigenvalue weighted by molar-refractivity contribution is -0.256. The van der Waals surface area contributed by atoms with Crippen LogP contribution in [-0.4, -0.2) is 43.1 Å². The van der Waals surface area contributed by atoms with Gasteiger partial charge in [-0.15, -0.1) is 0 Å². The third-order valence-electron chi connectivity index (χ3n) is 15.8. The van der Waals surface area contributed by atoms with Crippen LogP contribution in [0.3, 0.4) is 0 Å². The van der Waals surface area contributed by atoms with Gasteiger partial charge >= 0.3 is 17.9 Å². The quantitative estimate of drug-likeness (QED) is 0.158. The maximum Gasteiger partial charge on any atom is 0.302 e. The van der Waals surface area contributed by atoms with Crippen LogP contribution >= 0.6 is 0 Å². The second-order valence-electron chi connectivity index (χ2n) is 18.0. The smallest absolute Gasteiger partial charge is 0.302 e. The van der Waals surface area contributed by atoms with Gasteiger partial charge in [0, 0.05) is 32.7 Å². The molecule has 5 aliphatic carbocycles. The van der Waals surface area contributed by atoms with Gasteiger partial charge in [0.15, 0.2) is 0 Å². The number of carbonyl (C=O) groups excluding carboxylic acids is 4. The number of ether oxygens (including phenoxy) is 3. The lowest BCUT2D eigenvalue weighted by Crippen LogP contribution is -2.68. The molecule has 8 nitrogen and oxygen atoms in total. The molecule has 6 rings (SSSR count). The minimum absolute atomic E-state index is 0.0128. The molecule has 0 radical (unpaired) electrons. The van der Waals surface area contributed by atoms with E-state index < -0.39 is 10.8 Å². The van der Waals surface area contributed by atoms with Crippen LogP contribution in [0, 0.1) is 56.7 Å². The molecule has 51 heavy (non-hydrogen) atoms. The molecule has 0 aromatic heterocycles. The first-order valence-electron chi connectivity index (χ1n) is 19.5. The topological polar surface area (TPSA) is 108 Å². The van der Waals surface area contributed by atoms with Crippen molar-refractivity contribution in [2.75, 3.05) is 13.2 Å². The van der Waals surface area contributed by atoms with Crippen molar-refractivity contribution in [3.63, 3.8) is 0 Å². The molecule has 5 fully saturated rings. The number of amides is 1. The SMILES string of the molecule is C=C(COC(C)=O)[C@@H]1CC[C@]2(C(=O)NCc3ccccc3)CC[C@]3(C)C(CC[C@@H]4[C@@]5(C)CCC(OC(C)=O)[C@@](C)(COC(C)=O)[C@@H]5CC[C@]43C)[C@@H]12. The highest BCUT2D eigenvalue weighted by molar-refractivity contribution is 5.84. The summed E-state index contributed by atoms with van der Waals surface area (Å²) in [6.07, 6.45) is 9.04. The van der Waals surface area contributed by atoms with E-state index in [9.17, 15) is 19.2 Å². The number of fused-ring (bicyclic) bond motifs is 7. The zero-order chi connectivity index (χ0) is 37.0. The maximum atomic E-state index is 14.6. The average Bonchev–Trinajstić information content (AvgIpc) is 3.48. The van der Waals surface area contributed by atoms with E-state index in [0.29, 0.717) is 18.4 Å². The Hall–Kier alpha value is -3.16. The van der Waals surface area contributed by atoms with Gasteiger partial charge in [0.1, 0.15) is 19.3 Å². The van der Waals surface area contributed by atoms with Crippen LogP contribution in [-0.2, 0) is 39.9 Å². The predicted octanol–water partition coefficient (Wildman–Crippen LogP) is 7.98. The molecule has 1 N–H and O–H groups in total. The molecule has 0 bridgehead atoms. The van der Waals surface area contributed by atoms with E-state index in [0.717, 1.165) is 75.3 Å². The standard InChI is InChI=1S/C43H61NO7/c1-27(25-49-28(2)45)32-16-21-43(38(48)44-24-31-12-10-9-11-13-31)23-22-41(7)33(37(32)43)14-15-35-39(5)19-18-36(51-30(4)47)40(6,26-50-29(3)46)34(39)17-20-42(35,41)8/h9-13,32-37H,1,14-26H2,2-8H3,(H,44,48)/t32-,33?,34+,35+,36?,37+,39-,40-,41+,42+,43-/m0/s1. The van der Waals surface area contributed by atoms with E-state index in [2.05, 4.69) is 51.7 Å². The van der Waals surface area contributed by atoms with Gasteiger partial charge in [-0.25, -0.2) is 0 Å². The summed E-state index contributed by atoms with van der Waals surface area (Å²) in [6, 6.07) is 10.1. The Balaban J connectivity index is 1.34. The highest BCUT2D eigenvalue weighted by atomic mass is 16.6. The number of hydrogen-bond acceptors (Lipinski definition) is 7. The van der Waals surface area contributed by atoms with Crippen LogP contribution in [0.15, 0.2) is 42.5 Å². The number of carbonyl (C=O) groups is 4. The molecular weight excluding hydrogens is 642 g/mol. The molecule has 5 saturated carbocycles. The summed E-state index contributed by atoms with van der Waals surface area (Å²) < 4.78 is 17.3. The molecule has 11 atom stereocenters. The number of hydrogen-bond donors (Lipinski definition) is 1. The fourth-order valence-electron chi connectivity index (χ4n) is 13.3. The van der Waals surface area contributed by atoms with Crippen LogP contribution in [0.1, 0.15) is 118 Å². The van der Waals surface area contributed by atoms with Crippen molar-refractivity contribution in [2.24, 2.45) is 56.7 Å². The van der Waals surface area contributed by atoms with Crippen LogP contribution in [0.25, 0.3) is 0 Å². The van der Waals surface area contributed by atoms with E-state index in [1.54, 1.807) is 0 Å². The van der Waals surface area contributed by atoms with Crippen molar-refractivity contribution in [1.82, 2.24) is 5.32 Å². The fraction of sp³-hybridized carbons (Fsp3) is 0.721. The molecule has 8 heteroatoms. The number of esters is 3. The van der Waals surface area contributed by atoms with Gasteiger partial charge in [-0.05, 0) is 121 Å². The zero-order valence-corrected chi connectivity index (χ0v) is 32.1. The monoisotopic (exact) mass is 703 g/mol. The molecule has 5 aliphatic rings. The minimum Gasteiger partial charge on any atom is -0.465 e. The third kappa shape index (κ3) is 6.14. The van der Waals surface area contributed by atoms with Crippen molar-refractivity contribution in [3.8, 4) is 0 Å². The van der Waals surface area contributed by atoms with Crippen molar-refractivity contribution < 1.29 is 33.4 Å². The van der Waals surface area contributed by atoms with Gasteiger partial charge < -0.3 is 19.5 Å². The zero-order valence-electron chi connectivity index (χ0n) is 32.1. The Morgan fingerprint density at radius 3 is 2.14 bits per heavy atom. The van der Waals surface area contributed by atoms with E-state index in [1.165, 1.54) is 20.8 Å². The molecule has 0 aliphatic heterocycles. The van der Waals surface area contributed by atoms with Gasteiger partial charge in [-0.2, -0.15) is 0 Å². The Kier molecular flexibility index (Phi) is 10.1. The molecule has 1 aromatic carbocycles. The van der Waals surface area contributed by atoms with E-state index in [-0.39, 0.29) is 77.1 Å². The van der Waals surface area contributed by atoms with Crippen molar-refractivity contribution in [3.05, 3.63) is 48.0 Å². The van der Waals surface area contributed by atoms with Crippen molar-refractivity contribution >= 4 is 23.8 Å². The van der Waals surface area contributed by atoms with Crippen molar-refractivity contribution in [1.29, 1.82) is 0 Å². The average molecular weight is 704 g/mol. The normalized spacial score (nSPS) is 41.1. The summed E-state index contributed by atoms with van der Waals surface area (Å²) in [5.74, 6) is 0.470. The number of benzene rings is 1. The molecule has 2 unspecified atom stereocenters. The van der Waals surface area contributed by atoms with Gasteiger partial charge in [-0.1, -0.05) is 64.6 Å². The Bertz CT molecular complexity index is 1540. The Morgan fingerprint density at radius 1 is 0.765 bits per heavy atom. The van der Waals surface area contributed by atoms with E-state index >= 15 is 0 Å². The lowest BCUT2D eigenvalue weighted by atomic mass is 9.32. The van der Waals surface area contributed by atoms with E-state index in [4.69, 9.17) is 14.2 Å². The summed E-state index contributed by atoms with van der Waals surface area (Å²) >= 11 is 0. The first-order valence-corrected chi connectivity index (χ1v) is 19.5. The third-order valence-corrected chi connectivity index (χ3v) is 15.8. The summed E-state index contributed by atoms with van der Waals surface area (Å²) in [7, 11) is 0. The van der Waals surface area contributed by atoms with Crippen LogP contribution in [0.4, 0.5) is 0 Å². The summed E-state index contributed by atoms with van der Waals surface area (Å²) in [6.45, 7) is 19.6. The molecule has 1 amide bonds. The highest BCUT2D eigenvalue weighted by Crippen LogP contribution is 2.77. The van der Waals surface area contributed by atoms with Crippen LogP contribution < -0.4 is 5.32 Å². The fourth-order valence-corrected chi connectivity index (χ4v) is 13.3. The van der Waals surface area contributed by atoms with Gasteiger partial charge in [0.2, 0.25) is 5.91 Å². The second kappa shape index (κ2) is 13.7. The first kappa shape index (κ1) is 37.6. The Labute approximate surface area is 305 Å². The van der Waals surface area contributed by atoms with Crippen LogP contribution in [0.2, 0.25) is 0 Å². The maximum absolute atomic E-state index is 14.6. The predicted molar refractivity (Wildman–Crippen MR) is 195 cm³/mol. The molecule has 0 spiro atoms. The van der Waals surface area contributed by atoms with Gasteiger partial charge in [-0.3, -0.25) is 19.2 Å². The van der Waals surface area contributed by atoms with Gasteiger partial charge in [0.25, 0.3) is 0 Å². The summed E-state index contributed by atoms with van der Waals surface area (Å²) in [5.41, 5.74) is 1.04. The molecular formula is C43H61NO7. The Morgan fingerprint density at radius 2 is 1.47 bits per heavy atom. The van der Waals surface area contributed by atoms with Gasteiger partial charge in [0.05, 0.1) is 5.41 Å². The highest BCUT2D eigenvalue weighted by Gasteiger charge is 2.72. The molecule has 280 valence electrons. The van der Waals surface area contributed by atoms with Crippen LogP contribution in [0.5, 0.6) is 0 Å². The lowest BCUT2D eigenvalue weighted by Gasteiger charge is -2.73. The molecule has 0 heterocycles. The molecule has 1 aromatic rings. The molecule has 0 saturated heterocycles. The van der Waals surface area contributed by atoms with Crippen molar-refractivity contribution in [2.45, 2.75) is 125 Å². The number of rotatable bonds is 9. The minimum atomic E-state index is -0.488.